The minimum Gasteiger partial charge on any atom is -0.256 e. The van der Waals surface area contributed by atoms with Gasteiger partial charge in [-0.05, 0) is 17.7 Å². The lowest BCUT2D eigenvalue weighted by Gasteiger charge is -2.03. The number of hydrogen-bond acceptors (Lipinski definition) is 1. The van der Waals surface area contributed by atoms with Crippen LogP contribution in [0.25, 0.3) is 22.4 Å². The summed E-state index contributed by atoms with van der Waals surface area (Å²) < 4.78 is 0. The first-order valence-corrected chi connectivity index (χ1v) is 5.91. The topological polar surface area (TPSA) is 12.9 Å². The van der Waals surface area contributed by atoms with Crippen molar-refractivity contribution in [2.24, 2.45) is 0 Å². The zero-order valence-corrected chi connectivity index (χ0v) is 9.88. The molecule has 2 aromatic carbocycles. The van der Waals surface area contributed by atoms with Gasteiger partial charge in [-0.1, -0.05) is 60.7 Å². The van der Waals surface area contributed by atoms with Crippen molar-refractivity contribution >= 4 is 0 Å². The number of rotatable bonds is 2. The van der Waals surface area contributed by atoms with Crippen LogP contribution in [-0.2, 0) is 0 Å². The summed E-state index contributed by atoms with van der Waals surface area (Å²) >= 11 is 0. The molecular formula is C17H12N. The lowest BCUT2D eigenvalue weighted by atomic mass is 10.1. The minimum absolute atomic E-state index is 1.00. The number of hydrogen-bond donors (Lipinski definition) is 0. The maximum atomic E-state index is 4.52. The van der Waals surface area contributed by atoms with Crippen LogP contribution in [0.4, 0.5) is 0 Å². The van der Waals surface area contributed by atoms with Gasteiger partial charge in [0.1, 0.15) is 0 Å². The van der Waals surface area contributed by atoms with Crippen molar-refractivity contribution < 1.29 is 0 Å². The number of nitrogens with zero attached hydrogens (tertiary/aromatic N) is 1. The highest BCUT2D eigenvalue weighted by molar-refractivity contribution is 5.66. The summed E-state index contributed by atoms with van der Waals surface area (Å²) in [5.41, 5.74) is 4.44. The zero-order valence-electron chi connectivity index (χ0n) is 9.88. The second-order valence-electron chi connectivity index (χ2n) is 4.09. The Labute approximate surface area is 107 Å². The molecule has 0 N–H and O–H groups in total. The van der Waals surface area contributed by atoms with Crippen LogP contribution in [0.1, 0.15) is 0 Å². The van der Waals surface area contributed by atoms with Crippen LogP contribution in [0, 0.1) is 6.07 Å². The molecule has 0 amide bonds. The molecule has 1 heteroatoms. The Balaban J connectivity index is 1.95. The van der Waals surface area contributed by atoms with Gasteiger partial charge in [0, 0.05) is 17.3 Å². The molecule has 0 aliphatic carbocycles. The van der Waals surface area contributed by atoms with Crippen LogP contribution >= 0.6 is 0 Å². The van der Waals surface area contributed by atoms with Gasteiger partial charge in [-0.3, -0.25) is 4.98 Å². The molecule has 0 aliphatic heterocycles. The molecule has 3 aromatic rings. The summed E-state index contributed by atoms with van der Waals surface area (Å²) in [6, 6.07) is 25.3. The van der Waals surface area contributed by atoms with E-state index < -0.39 is 0 Å². The maximum absolute atomic E-state index is 4.52. The predicted octanol–water partition coefficient (Wildman–Crippen LogP) is 4.22. The molecule has 1 radical (unpaired) electrons. The Morgan fingerprint density at radius 2 is 1.44 bits per heavy atom. The Kier molecular flexibility index (Phi) is 2.89. The highest BCUT2D eigenvalue weighted by Crippen LogP contribution is 2.21. The Morgan fingerprint density at radius 1 is 0.667 bits per heavy atom. The third kappa shape index (κ3) is 2.16. The van der Waals surface area contributed by atoms with Gasteiger partial charge in [0.05, 0.1) is 5.69 Å². The Morgan fingerprint density at radius 3 is 2.11 bits per heavy atom. The van der Waals surface area contributed by atoms with E-state index >= 15 is 0 Å². The van der Waals surface area contributed by atoms with Gasteiger partial charge in [-0.2, -0.15) is 0 Å². The molecule has 0 atom stereocenters. The molecule has 0 fully saturated rings. The van der Waals surface area contributed by atoms with Crippen LogP contribution in [-0.4, -0.2) is 4.98 Å². The largest absolute Gasteiger partial charge is 0.256 e. The summed E-state index contributed by atoms with van der Waals surface area (Å²) in [5.74, 6) is 0. The zero-order chi connectivity index (χ0) is 12.2. The van der Waals surface area contributed by atoms with Gasteiger partial charge in [-0.15, -0.1) is 0 Å². The lowest BCUT2D eigenvalue weighted by molar-refractivity contribution is 1.32. The number of benzene rings is 2. The van der Waals surface area contributed by atoms with Gasteiger partial charge < -0.3 is 0 Å². The molecule has 0 aliphatic rings. The van der Waals surface area contributed by atoms with E-state index in [0.29, 0.717) is 0 Å². The summed E-state index contributed by atoms with van der Waals surface area (Å²) in [4.78, 5) is 4.52. The SMILES string of the molecule is [c]1ccc(-c2ccc(-c3ccccc3)nc2)cc1. The first-order chi connectivity index (χ1) is 8.93. The number of aromatic nitrogens is 1. The fourth-order valence-corrected chi connectivity index (χ4v) is 1.92. The van der Waals surface area contributed by atoms with Crippen molar-refractivity contribution in [3.8, 4) is 22.4 Å². The smallest absolute Gasteiger partial charge is 0.0702 e. The van der Waals surface area contributed by atoms with E-state index in [0.717, 1.165) is 16.8 Å². The molecule has 85 valence electrons. The normalized spacial score (nSPS) is 10.2. The van der Waals surface area contributed by atoms with Crippen LogP contribution < -0.4 is 0 Å². The Hall–Kier alpha value is -2.41. The quantitative estimate of drug-likeness (QED) is 0.642. The van der Waals surface area contributed by atoms with Gasteiger partial charge in [0.25, 0.3) is 0 Å². The van der Waals surface area contributed by atoms with Crippen LogP contribution in [0.15, 0.2) is 72.9 Å². The molecule has 0 bridgehead atoms. The van der Waals surface area contributed by atoms with Gasteiger partial charge in [-0.25, -0.2) is 0 Å². The van der Waals surface area contributed by atoms with E-state index in [-0.39, 0.29) is 0 Å². The summed E-state index contributed by atoms with van der Waals surface area (Å²) in [7, 11) is 0. The van der Waals surface area contributed by atoms with E-state index in [4.69, 9.17) is 0 Å². The molecule has 1 nitrogen and oxygen atoms in total. The van der Waals surface area contributed by atoms with Crippen LogP contribution in [0.2, 0.25) is 0 Å². The van der Waals surface area contributed by atoms with Gasteiger partial charge in [0.15, 0.2) is 0 Å². The Bertz CT molecular complexity index is 554. The lowest BCUT2D eigenvalue weighted by Crippen LogP contribution is -1.84. The summed E-state index contributed by atoms with van der Waals surface area (Å²) in [6.07, 6.45) is 1.91. The second-order valence-corrected chi connectivity index (χ2v) is 4.09. The highest BCUT2D eigenvalue weighted by atomic mass is 14.7. The third-order valence-electron chi connectivity index (χ3n) is 2.88. The number of pyridine rings is 1. The van der Waals surface area contributed by atoms with Gasteiger partial charge >= 0.3 is 0 Å². The standard InChI is InChI=1S/C17H12N/c1-3-7-14(8-4-1)16-11-12-17(18-13-16)15-9-5-2-6-10-15/h2-13H. The third-order valence-corrected chi connectivity index (χ3v) is 2.88. The molecule has 18 heavy (non-hydrogen) atoms. The summed E-state index contributed by atoms with van der Waals surface area (Å²) in [6.45, 7) is 0. The van der Waals surface area contributed by atoms with E-state index in [1.54, 1.807) is 0 Å². The minimum atomic E-state index is 1.00. The average molecular weight is 230 g/mol. The molecule has 0 spiro atoms. The molecular weight excluding hydrogens is 218 g/mol. The van der Waals surface area contributed by atoms with Crippen molar-refractivity contribution in [1.82, 2.24) is 4.98 Å². The predicted molar refractivity (Wildman–Crippen MR) is 73.9 cm³/mol. The van der Waals surface area contributed by atoms with Crippen LogP contribution in [0.3, 0.4) is 0 Å². The first-order valence-electron chi connectivity index (χ1n) is 5.91. The summed E-state index contributed by atoms with van der Waals surface area (Å²) in [5, 5.41) is 0. The van der Waals surface area contributed by atoms with E-state index in [1.165, 1.54) is 5.56 Å². The van der Waals surface area contributed by atoms with E-state index in [2.05, 4.69) is 35.3 Å². The van der Waals surface area contributed by atoms with E-state index in [9.17, 15) is 0 Å². The fourth-order valence-electron chi connectivity index (χ4n) is 1.92. The van der Waals surface area contributed by atoms with Crippen molar-refractivity contribution in [2.75, 3.05) is 0 Å². The van der Waals surface area contributed by atoms with Crippen molar-refractivity contribution in [1.29, 1.82) is 0 Å². The van der Waals surface area contributed by atoms with Crippen molar-refractivity contribution in [3.05, 3.63) is 79.0 Å². The second kappa shape index (κ2) is 4.84. The molecule has 1 aromatic heterocycles. The fraction of sp³-hybridized carbons (Fsp3) is 0. The van der Waals surface area contributed by atoms with Crippen molar-refractivity contribution in [3.63, 3.8) is 0 Å². The van der Waals surface area contributed by atoms with E-state index in [1.807, 2.05) is 48.7 Å². The maximum Gasteiger partial charge on any atom is 0.0702 e. The molecule has 3 rings (SSSR count). The average Bonchev–Trinajstić information content (AvgIpc) is 2.49. The highest BCUT2D eigenvalue weighted by Gasteiger charge is 2.00. The van der Waals surface area contributed by atoms with Gasteiger partial charge in [0.2, 0.25) is 0 Å². The van der Waals surface area contributed by atoms with Crippen molar-refractivity contribution in [2.45, 2.75) is 0 Å². The van der Waals surface area contributed by atoms with Crippen LogP contribution in [0.5, 0.6) is 0 Å². The molecule has 0 unspecified atom stereocenters. The molecule has 0 saturated heterocycles. The first kappa shape index (κ1) is 10.7. The monoisotopic (exact) mass is 230 g/mol. The molecule has 1 heterocycles. The molecule has 0 saturated carbocycles.